The van der Waals surface area contributed by atoms with Crippen LogP contribution in [0.4, 0.5) is 0 Å². The number of unbranched alkanes of at least 4 members (excludes halogenated alkanes) is 4. The Kier molecular flexibility index (Phi) is 14.7. The molecule has 28 heavy (non-hydrogen) atoms. The Balaban J connectivity index is 5.03. The van der Waals surface area contributed by atoms with Gasteiger partial charge in [0.2, 0.25) is 0 Å². The van der Waals surface area contributed by atoms with Crippen LogP contribution in [0.2, 0.25) is 0 Å². The molecule has 0 aliphatic heterocycles. The SMILES string of the molecule is CCCCCC(Cl)(CC=CCC(Cl)(CCCCC)C(=O)OCC)C(=O)OCC. The molecule has 6 heteroatoms. The number of hydrogen-bond donors (Lipinski definition) is 0. The lowest BCUT2D eigenvalue weighted by molar-refractivity contribution is -0.147. The zero-order chi connectivity index (χ0) is 21.5. The number of allylic oxidation sites excluding steroid dienone is 2. The molecule has 0 amide bonds. The van der Waals surface area contributed by atoms with Crippen LogP contribution < -0.4 is 0 Å². The highest BCUT2D eigenvalue weighted by Crippen LogP contribution is 2.32. The van der Waals surface area contributed by atoms with E-state index in [0.29, 0.717) is 38.9 Å². The summed E-state index contributed by atoms with van der Waals surface area (Å²) >= 11 is 13.2. The van der Waals surface area contributed by atoms with E-state index in [-0.39, 0.29) is 11.9 Å². The van der Waals surface area contributed by atoms with Crippen LogP contribution in [0, 0.1) is 0 Å². The molecule has 2 unspecified atom stereocenters. The van der Waals surface area contributed by atoms with Gasteiger partial charge in [0.25, 0.3) is 0 Å². The summed E-state index contributed by atoms with van der Waals surface area (Å²) in [6.45, 7) is 8.36. The molecule has 0 heterocycles. The normalized spacial score (nSPS) is 15.8. The van der Waals surface area contributed by atoms with Crippen molar-refractivity contribution in [2.24, 2.45) is 0 Å². The molecule has 0 fully saturated rings. The molecular weight excluding hydrogens is 399 g/mol. The highest BCUT2D eigenvalue weighted by Gasteiger charge is 2.37. The predicted molar refractivity (Wildman–Crippen MR) is 117 cm³/mol. The van der Waals surface area contributed by atoms with E-state index >= 15 is 0 Å². The lowest BCUT2D eigenvalue weighted by Gasteiger charge is -2.25. The Morgan fingerprint density at radius 3 is 1.36 bits per heavy atom. The van der Waals surface area contributed by atoms with Crippen LogP contribution in [0.5, 0.6) is 0 Å². The van der Waals surface area contributed by atoms with Crippen molar-refractivity contribution in [2.75, 3.05) is 13.2 Å². The first-order valence-corrected chi connectivity index (χ1v) is 11.4. The van der Waals surface area contributed by atoms with E-state index in [2.05, 4.69) is 13.8 Å². The molecule has 164 valence electrons. The van der Waals surface area contributed by atoms with E-state index in [9.17, 15) is 9.59 Å². The summed E-state index contributed by atoms with van der Waals surface area (Å²) in [7, 11) is 0. The Morgan fingerprint density at radius 2 is 1.07 bits per heavy atom. The third-order valence-corrected chi connectivity index (χ3v) is 5.68. The van der Waals surface area contributed by atoms with Gasteiger partial charge in [-0.1, -0.05) is 64.5 Å². The maximum atomic E-state index is 12.3. The van der Waals surface area contributed by atoms with Crippen molar-refractivity contribution in [3.63, 3.8) is 0 Å². The van der Waals surface area contributed by atoms with Gasteiger partial charge in [-0.3, -0.25) is 9.59 Å². The van der Waals surface area contributed by atoms with Crippen molar-refractivity contribution in [1.82, 2.24) is 0 Å². The van der Waals surface area contributed by atoms with Gasteiger partial charge in [0, 0.05) is 0 Å². The van der Waals surface area contributed by atoms with E-state index in [1.54, 1.807) is 13.8 Å². The first kappa shape index (κ1) is 27.3. The first-order chi connectivity index (χ1) is 13.3. The largest absolute Gasteiger partial charge is 0.465 e. The zero-order valence-electron chi connectivity index (χ0n) is 18.0. The summed E-state index contributed by atoms with van der Waals surface area (Å²) < 4.78 is 10.3. The second kappa shape index (κ2) is 15.1. The molecular formula is C22H38Cl2O4. The van der Waals surface area contributed by atoms with Gasteiger partial charge >= 0.3 is 11.9 Å². The highest BCUT2D eigenvalue weighted by atomic mass is 35.5. The number of carbonyl (C=O) groups is 2. The molecule has 0 aromatic heterocycles. The number of rotatable bonds is 16. The molecule has 0 aliphatic carbocycles. The van der Waals surface area contributed by atoms with Gasteiger partial charge in [0.05, 0.1) is 13.2 Å². The monoisotopic (exact) mass is 436 g/mol. The standard InChI is InChI=1S/C22H38Cl2O4/c1-5-9-11-15-21(23,19(25)27-7-3)17-13-14-18-22(24,16-12-10-6-2)20(26)28-8-4/h13-14H,5-12,15-18H2,1-4H3. The molecule has 0 rings (SSSR count). The second-order valence-electron chi connectivity index (χ2n) is 7.17. The molecule has 4 nitrogen and oxygen atoms in total. The Morgan fingerprint density at radius 1 is 0.714 bits per heavy atom. The number of halogens is 2. The summed E-state index contributed by atoms with van der Waals surface area (Å²) in [5.74, 6) is -0.772. The smallest absolute Gasteiger partial charge is 0.327 e. The van der Waals surface area contributed by atoms with Crippen molar-refractivity contribution in [3.05, 3.63) is 12.2 Å². The fourth-order valence-electron chi connectivity index (χ4n) is 2.95. The van der Waals surface area contributed by atoms with Gasteiger partial charge in [0.15, 0.2) is 0 Å². The van der Waals surface area contributed by atoms with E-state index in [1.165, 1.54) is 0 Å². The quantitative estimate of drug-likeness (QED) is 0.119. The molecule has 0 radical (unpaired) electrons. The van der Waals surface area contributed by atoms with Gasteiger partial charge in [0.1, 0.15) is 9.75 Å². The summed E-state index contributed by atoms with van der Waals surface area (Å²) in [6, 6.07) is 0. The van der Waals surface area contributed by atoms with Crippen molar-refractivity contribution >= 4 is 35.1 Å². The Labute approximate surface area is 181 Å². The Hall–Kier alpha value is -0.740. The number of hydrogen-bond acceptors (Lipinski definition) is 4. The fourth-order valence-corrected chi connectivity index (χ4v) is 3.50. The predicted octanol–water partition coefficient (Wildman–Crippen LogP) is 6.56. The molecule has 2 atom stereocenters. The lowest BCUT2D eigenvalue weighted by atomic mass is 9.94. The van der Waals surface area contributed by atoms with Crippen molar-refractivity contribution in [3.8, 4) is 0 Å². The molecule has 0 saturated heterocycles. The van der Waals surface area contributed by atoms with E-state index in [1.807, 2.05) is 12.2 Å². The van der Waals surface area contributed by atoms with Gasteiger partial charge in [-0.05, 0) is 39.5 Å². The average Bonchev–Trinajstić information content (AvgIpc) is 2.66. The van der Waals surface area contributed by atoms with Crippen LogP contribution in [0.25, 0.3) is 0 Å². The van der Waals surface area contributed by atoms with Gasteiger partial charge in [-0.25, -0.2) is 0 Å². The van der Waals surface area contributed by atoms with Crippen LogP contribution in [-0.4, -0.2) is 34.9 Å². The number of esters is 2. The third kappa shape index (κ3) is 10.2. The molecule has 0 spiro atoms. The van der Waals surface area contributed by atoms with E-state index in [0.717, 1.165) is 38.5 Å². The summed E-state index contributed by atoms with van der Waals surface area (Å²) in [4.78, 5) is 22.5. The zero-order valence-corrected chi connectivity index (χ0v) is 19.5. The minimum Gasteiger partial charge on any atom is -0.465 e. The van der Waals surface area contributed by atoms with Crippen LogP contribution in [0.3, 0.4) is 0 Å². The van der Waals surface area contributed by atoms with Crippen LogP contribution in [-0.2, 0) is 19.1 Å². The number of carbonyl (C=O) groups excluding carboxylic acids is 2. The van der Waals surface area contributed by atoms with Crippen LogP contribution >= 0.6 is 23.2 Å². The topological polar surface area (TPSA) is 52.6 Å². The summed E-state index contributed by atoms with van der Waals surface area (Å²) in [5.41, 5.74) is 0. The van der Waals surface area contributed by atoms with E-state index < -0.39 is 9.75 Å². The molecule has 0 aromatic rings. The fraction of sp³-hybridized carbons (Fsp3) is 0.818. The molecule has 0 N–H and O–H groups in total. The first-order valence-electron chi connectivity index (χ1n) is 10.7. The van der Waals surface area contributed by atoms with E-state index in [4.69, 9.17) is 32.7 Å². The Bertz CT molecular complexity index is 439. The van der Waals surface area contributed by atoms with Crippen LogP contribution in [0.15, 0.2) is 12.2 Å². The maximum Gasteiger partial charge on any atom is 0.327 e. The van der Waals surface area contributed by atoms with Gasteiger partial charge in [-0.2, -0.15) is 0 Å². The molecule has 0 aliphatic rings. The molecule has 0 aromatic carbocycles. The third-order valence-electron chi connectivity index (χ3n) is 4.69. The van der Waals surface area contributed by atoms with Crippen molar-refractivity contribution < 1.29 is 19.1 Å². The molecule has 0 bridgehead atoms. The summed E-state index contributed by atoms with van der Waals surface area (Å²) in [6.07, 6.45) is 11.4. The molecule has 0 saturated carbocycles. The van der Waals surface area contributed by atoms with Gasteiger partial charge in [-0.15, -0.1) is 23.2 Å². The second-order valence-corrected chi connectivity index (χ2v) is 8.61. The van der Waals surface area contributed by atoms with Crippen molar-refractivity contribution in [1.29, 1.82) is 0 Å². The minimum atomic E-state index is -1.07. The minimum absolute atomic E-state index is 0.301. The van der Waals surface area contributed by atoms with Crippen molar-refractivity contribution in [2.45, 2.75) is 102 Å². The van der Waals surface area contributed by atoms with Gasteiger partial charge < -0.3 is 9.47 Å². The summed E-state index contributed by atoms with van der Waals surface area (Å²) in [5, 5.41) is 0. The maximum absolute atomic E-state index is 12.3. The number of alkyl halides is 2. The number of ether oxygens (including phenoxy) is 2. The average molecular weight is 437 g/mol. The lowest BCUT2D eigenvalue weighted by Crippen LogP contribution is -2.35. The highest BCUT2D eigenvalue weighted by molar-refractivity contribution is 6.34. The van der Waals surface area contributed by atoms with Crippen LogP contribution in [0.1, 0.15) is 91.9 Å².